The Balaban J connectivity index is 2.54. The molecule has 26 heavy (non-hydrogen) atoms. The Morgan fingerprint density at radius 3 is 2.42 bits per heavy atom. The third-order valence-electron chi connectivity index (χ3n) is 3.57. The van der Waals surface area contributed by atoms with Gasteiger partial charge in [-0.3, -0.25) is 4.79 Å². The first-order valence-electron chi connectivity index (χ1n) is 8.45. The van der Waals surface area contributed by atoms with Gasteiger partial charge in [0.15, 0.2) is 5.11 Å². The lowest BCUT2D eigenvalue weighted by atomic mass is 10.1. The van der Waals surface area contributed by atoms with Crippen molar-refractivity contribution in [1.82, 2.24) is 10.6 Å². The lowest BCUT2D eigenvalue weighted by Gasteiger charge is -2.28. The molecular weight excluding hydrogens is 417 g/mol. The van der Waals surface area contributed by atoms with Crippen LogP contribution >= 0.6 is 47.0 Å². The summed E-state index contributed by atoms with van der Waals surface area (Å²) in [4.78, 5) is 12.1. The lowest BCUT2D eigenvalue weighted by molar-refractivity contribution is -0.122. The number of nitrogens with one attached hydrogen (secondary N) is 3. The highest BCUT2D eigenvalue weighted by Crippen LogP contribution is 2.29. The molecule has 1 aromatic rings. The first-order valence-corrected chi connectivity index (χ1v) is 9.99. The van der Waals surface area contributed by atoms with Crippen LogP contribution in [0.25, 0.3) is 0 Å². The molecule has 146 valence electrons. The fourth-order valence-electron chi connectivity index (χ4n) is 2.19. The van der Waals surface area contributed by atoms with Crippen LogP contribution in [-0.2, 0) is 4.79 Å². The standard InChI is InChI=1S/C17H24Cl3N3O2S/c1-2-3-4-5-6-11-14(25)22-15(17(18,19)20)23-16(26)21-12-9-7-8-10-13(12)24/h7-10,15,24H,2-6,11H2,1H3,(H,22,25)(H2,21,23,26). The number of carbonyl (C=O) groups excluding carboxylic acids is 1. The number of amides is 1. The minimum absolute atomic E-state index is 0.0261. The third kappa shape index (κ3) is 9.12. The van der Waals surface area contributed by atoms with Gasteiger partial charge in [-0.2, -0.15) is 0 Å². The number of alkyl halides is 3. The summed E-state index contributed by atoms with van der Waals surface area (Å²) in [5.41, 5.74) is 0.398. The topological polar surface area (TPSA) is 73.4 Å². The van der Waals surface area contributed by atoms with Gasteiger partial charge in [-0.15, -0.1) is 0 Å². The van der Waals surface area contributed by atoms with Crippen molar-refractivity contribution in [2.45, 2.75) is 55.4 Å². The zero-order valence-corrected chi connectivity index (χ0v) is 17.6. The molecule has 0 fully saturated rings. The van der Waals surface area contributed by atoms with Crippen molar-refractivity contribution in [2.75, 3.05) is 5.32 Å². The molecule has 0 aliphatic rings. The lowest BCUT2D eigenvalue weighted by Crippen LogP contribution is -2.56. The molecule has 0 aromatic heterocycles. The molecule has 4 N–H and O–H groups in total. The molecule has 0 aliphatic carbocycles. The number of anilines is 1. The maximum Gasteiger partial charge on any atom is 0.228 e. The Bertz CT molecular complexity index is 597. The summed E-state index contributed by atoms with van der Waals surface area (Å²) in [5, 5.41) is 18.1. The maximum absolute atomic E-state index is 12.1. The van der Waals surface area contributed by atoms with E-state index in [-0.39, 0.29) is 16.8 Å². The third-order valence-corrected chi connectivity index (χ3v) is 4.44. The maximum atomic E-state index is 12.1. The fraction of sp³-hybridized carbons (Fsp3) is 0.529. The number of phenols is 1. The van der Waals surface area contributed by atoms with Crippen LogP contribution in [0.4, 0.5) is 5.69 Å². The van der Waals surface area contributed by atoms with Crippen LogP contribution in [0, 0.1) is 0 Å². The van der Waals surface area contributed by atoms with Crippen molar-refractivity contribution < 1.29 is 9.90 Å². The molecule has 1 amide bonds. The SMILES string of the molecule is CCCCCCCC(=O)NC(NC(=S)Nc1ccccc1O)C(Cl)(Cl)Cl. The number of phenolic OH excluding ortho intramolecular Hbond substituents is 1. The summed E-state index contributed by atoms with van der Waals surface area (Å²) < 4.78 is -1.80. The van der Waals surface area contributed by atoms with Gasteiger partial charge in [-0.25, -0.2) is 0 Å². The van der Waals surface area contributed by atoms with E-state index in [0.29, 0.717) is 12.1 Å². The largest absolute Gasteiger partial charge is 0.506 e. The zero-order chi connectivity index (χ0) is 19.6. The van der Waals surface area contributed by atoms with E-state index in [2.05, 4.69) is 22.9 Å². The number of hydrogen-bond donors (Lipinski definition) is 4. The predicted octanol–water partition coefficient (Wildman–Crippen LogP) is 4.85. The second-order valence-corrected chi connectivity index (χ2v) is 8.60. The van der Waals surface area contributed by atoms with Crippen LogP contribution in [0.2, 0.25) is 0 Å². The Kier molecular flexibility index (Phi) is 10.4. The Morgan fingerprint density at radius 1 is 1.15 bits per heavy atom. The highest BCUT2D eigenvalue weighted by atomic mass is 35.6. The number of para-hydroxylation sites is 2. The average Bonchev–Trinajstić information content (AvgIpc) is 2.55. The van der Waals surface area contributed by atoms with E-state index in [1.54, 1.807) is 18.2 Å². The van der Waals surface area contributed by atoms with Crippen molar-refractivity contribution in [3.63, 3.8) is 0 Å². The van der Waals surface area contributed by atoms with Crippen molar-refractivity contribution in [3.8, 4) is 5.75 Å². The second kappa shape index (κ2) is 11.7. The van der Waals surface area contributed by atoms with Crippen LogP contribution in [-0.4, -0.2) is 26.1 Å². The number of thiocarbonyl (C=S) groups is 1. The Labute approximate surface area is 174 Å². The van der Waals surface area contributed by atoms with Crippen molar-refractivity contribution in [1.29, 1.82) is 0 Å². The molecule has 0 spiro atoms. The second-order valence-electron chi connectivity index (χ2n) is 5.82. The molecule has 9 heteroatoms. The summed E-state index contributed by atoms with van der Waals surface area (Å²) in [5.74, 6) is -0.200. The van der Waals surface area contributed by atoms with E-state index in [9.17, 15) is 9.90 Å². The highest BCUT2D eigenvalue weighted by Gasteiger charge is 2.34. The Morgan fingerprint density at radius 2 is 1.81 bits per heavy atom. The Hall–Kier alpha value is -0.950. The number of rotatable bonds is 9. The minimum atomic E-state index is -1.80. The van der Waals surface area contributed by atoms with Gasteiger partial charge in [0.1, 0.15) is 11.9 Å². The summed E-state index contributed by atoms with van der Waals surface area (Å²) in [6.07, 6.45) is 4.51. The van der Waals surface area contributed by atoms with Crippen LogP contribution in [0.3, 0.4) is 0 Å². The number of benzene rings is 1. The quantitative estimate of drug-likeness (QED) is 0.145. The number of hydrogen-bond acceptors (Lipinski definition) is 3. The summed E-state index contributed by atoms with van der Waals surface area (Å²) in [6.45, 7) is 2.14. The summed E-state index contributed by atoms with van der Waals surface area (Å²) in [6, 6.07) is 6.57. The van der Waals surface area contributed by atoms with Crippen LogP contribution < -0.4 is 16.0 Å². The molecular formula is C17H24Cl3N3O2S. The molecule has 0 saturated carbocycles. The van der Waals surface area contributed by atoms with E-state index in [0.717, 1.165) is 32.1 Å². The van der Waals surface area contributed by atoms with Gasteiger partial charge in [0.2, 0.25) is 9.70 Å². The first kappa shape index (κ1) is 23.1. The van der Waals surface area contributed by atoms with Gasteiger partial charge in [-0.1, -0.05) is 79.5 Å². The smallest absolute Gasteiger partial charge is 0.228 e. The molecule has 0 radical (unpaired) electrons. The molecule has 1 unspecified atom stereocenters. The van der Waals surface area contributed by atoms with Crippen molar-refractivity contribution in [3.05, 3.63) is 24.3 Å². The molecule has 0 saturated heterocycles. The van der Waals surface area contributed by atoms with E-state index in [4.69, 9.17) is 47.0 Å². The van der Waals surface area contributed by atoms with E-state index in [1.165, 1.54) is 6.07 Å². The van der Waals surface area contributed by atoms with E-state index >= 15 is 0 Å². The number of aromatic hydroxyl groups is 1. The molecule has 0 heterocycles. The molecule has 0 aliphatic heterocycles. The van der Waals surface area contributed by atoms with Crippen LogP contribution in [0.1, 0.15) is 45.4 Å². The highest BCUT2D eigenvalue weighted by molar-refractivity contribution is 7.80. The normalized spacial score (nSPS) is 12.3. The number of carbonyl (C=O) groups is 1. The summed E-state index contributed by atoms with van der Waals surface area (Å²) >= 11 is 23.0. The van der Waals surface area contributed by atoms with E-state index < -0.39 is 9.96 Å². The van der Waals surface area contributed by atoms with Gasteiger partial charge in [-0.05, 0) is 30.8 Å². The first-order chi connectivity index (χ1) is 12.2. The van der Waals surface area contributed by atoms with E-state index in [1.807, 2.05) is 0 Å². The van der Waals surface area contributed by atoms with Crippen molar-refractivity contribution >= 4 is 63.7 Å². The van der Waals surface area contributed by atoms with Gasteiger partial charge < -0.3 is 21.1 Å². The molecule has 0 bridgehead atoms. The summed E-state index contributed by atoms with van der Waals surface area (Å²) in [7, 11) is 0. The van der Waals surface area contributed by atoms with Gasteiger partial charge in [0.05, 0.1) is 5.69 Å². The van der Waals surface area contributed by atoms with Gasteiger partial charge in [0, 0.05) is 6.42 Å². The number of halogens is 3. The average molecular weight is 441 g/mol. The van der Waals surface area contributed by atoms with Crippen molar-refractivity contribution in [2.24, 2.45) is 0 Å². The fourth-order valence-corrected chi connectivity index (χ4v) is 2.75. The monoisotopic (exact) mass is 439 g/mol. The number of unbranched alkanes of at least 4 members (excludes halogenated alkanes) is 4. The molecule has 1 atom stereocenters. The van der Waals surface area contributed by atoms with Crippen LogP contribution in [0.5, 0.6) is 5.75 Å². The molecule has 5 nitrogen and oxygen atoms in total. The van der Waals surface area contributed by atoms with Crippen LogP contribution in [0.15, 0.2) is 24.3 Å². The predicted molar refractivity (Wildman–Crippen MR) is 113 cm³/mol. The molecule has 1 aromatic carbocycles. The minimum Gasteiger partial charge on any atom is -0.506 e. The zero-order valence-electron chi connectivity index (χ0n) is 14.5. The van der Waals surface area contributed by atoms with Gasteiger partial charge in [0.25, 0.3) is 0 Å². The van der Waals surface area contributed by atoms with Gasteiger partial charge >= 0.3 is 0 Å². The molecule has 1 rings (SSSR count).